The SMILES string of the molecule is COc1cnn(C)c1C(=O)C1CCCS1. The first-order chi connectivity index (χ1) is 7.24. The topological polar surface area (TPSA) is 44.1 Å². The molecular weight excluding hydrogens is 212 g/mol. The summed E-state index contributed by atoms with van der Waals surface area (Å²) in [4.78, 5) is 12.1. The van der Waals surface area contributed by atoms with Crippen LogP contribution in [0.15, 0.2) is 6.20 Å². The first-order valence-corrected chi connectivity index (χ1v) is 6.00. The van der Waals surface area contributed by atoms with E-state index in [2.05, 4.69) is 5.10 Å². The van der Waals surface area contributed by atoms with Crippen LogP contribution in [-0.2, 0) is 7.05 Å². The van der Waals surface area contributed by atoms with Crippen LogP contribution in [0, 0.1) is 0 Å². The highest BCUT2D eigenvalue weighted by atomic mass is 32.2. The number of Topliss-reactive ketones (excluding diaryl/α,β-unsaturated/α-hetero) is 1. The molecule has 0 amide bonds. The number of thioether (sulfide) groups is 1. The highest BCUT2D eigenvalue weighted by Crippen LogP contribution is 2.31. The van der Waals surface area contributed by atoms with Crippen molar-refractivity contribution in [3.63, 3.8) is 0 Å². The maximum absolute atomic E-state index is 12.1. The van der Waals surface area contributed by atoms with Crippen molar-refractivity contribution in [2.24, 2.45) is 7.05 Å². The summed E-state index contributed by atoms with van der Waals surface area (Å²) in [6.45, 7) is 0. The summed E-state index contributed by atoms with van der Waals surface area (Å²) in [6.07, 6.45) is 3.69. The van der Waals surface area contributed by atoms with Gasteiger partial charge in [-0.2, -0.15) is 16.9 Å². The maximum atomic E-state index is 12.1. The van der Waals surface area contributed by atoms with Crippen molar-refractivity contribution < 1.29 is 9.53 Å². The van der Waals surface area contributed by atoms with Crippen LogP contribution >= 0.6 is 11.8 Å². The smallest absolute Gasteiger partial charge is 0.197 e. The molecule has 1 atom stereocenters. The van der Waals surface area contributed by atoms with Crippen molar-refractivity contribution in [3.8, 4) is 5.75 Å². The Kier molecular flexibility index (Phi) is 3.00. The Bertz CT molecular complexity index is 369. The zero-order valence-electron chi connectivity index (χ0n) is 8.90. The molecule has 15 heavy (non-hydrogen) atoms. The van der Waals surface area contributed by atoms with Gasteiger partial charge in [0, 0.05) is 7.05 Å². The third-order valence-electron chi connectivity index (χ3n) is 2.58. The maximum Gasteiger partial charge on any atom is 0.197 e. The Hall–Kier alpha value is -0.970. The molecular formula is C10H14N2O2S. The lowest BCUT2D eigenvalue weighted by Crippen LogP contribution is -2.18. The van der Waals surface area contributed by atoms with Crippen molar-refractivity contribution in [3.05, 3.63) is 11.9 Å². The van der Waals surface area contributed by atoms with Crippen molar-refractivity contribution in [2.75, 3.05) is 12.9 Å². The molecule has 0 saturated carbocycles. The molecule has 1 aromatic heterocycles. The van der Waals surface area contributed by atoms with Gasteiger partial charge in [-0.15, -0.1) is 0 Å². The molecule has 2 heterocycles. The first kappa shape index (κ1) is 10.5. The van der Waals surface area contributed by atoms with Gasteiger partial charge in [0.1, 0.15) is 5.69 Å². The van der Waals surface area contributed by atoms with E-state index in [1.54, 1.807) is 36.8 Å². The zero-order chi connectivity index (χ0) is 10.8. The van der Waals surface area contributed by atoms with Crippen molar-refractivity contribution in [1.29, 1.82) is 0 Å². The van der Waals surface area contributed by atoms with Crippen LogP contribution in [0.4, 0.5) is 0 Å². The largest absolute Gasteiger partial charge is 0.493 e. The molecule has 0 aliphatic carbocycles. The van der Waals surface area contributed by atoms with Crippen LogP contribution in [-0.4, -0.2) is 33.7 Å². The summed E-state index contributed by atoms with van der Waals surface area (Å²) in [7, 11) is 3.34. The van der Waals surface area contributed by atoms with Gasteiger partial charge in [0.15, 0.2) is 11.5 Å². The Morgan fingerprint density at radius 2 is 2.53 bits per heavy atom. The third kappa shape index (κ3) is 1.88. The van der Waals surface area contributed by atoms with E-state index in [1.165, 1.54) is 0 Å². The molecule has 0 bridgehead atoms. The fraction of sp³-hybridized carbons (Fsp3) is 0.600. The number of carbonyl (C=O) groups is 1. The van der Waals surface area contributed by atoms with Gasteiger partial charge in [0.25, 0.3) is 0 Å². The number of hydrogen-bond acceptors (Lipinski definition) is 4. The van der Waals surface area contributed by atoms with Crippen molar-refractivity contribution >= 4 is 17.5 Å². The lowest BCUT2D eigenvalue weighted by molar-refractivity contribution is 0.0976. The molecule has 0 spiro atoms. The standard InChI is InChI=1S/C10H14N2O2S/c1-12-9(7(14-2)6-11-12)10(13)8-4-3-5-15-8/h6,8H,3-5H2,1-2H3. The fourth-order valence-electron chi connectivity index (χ4n) is 1.78. The van der Waals surface area contributed by atoms with Gasteiger partial charge in [-0.05, 0) is 18.6 Å². The van der Waals surface area contributed by atoms with Gasteiger partial charge >= 0.3 is 0 Å². The minimum Gasteiger partial charge on any atom is -0.493 e. The van der Waals surface area contributed by atoms with Crippen LogP contribution in [0.2, 0.25) is 0 Å². The predicted molar refractivity (Wildman–Crippen MR) is 59.6 cm³/mol. The Morgan fingerprint density at radius 3 is 3.13 bits per heavy atom. The molecule has 1 aromatic rings. The van der Waals surface area contributed by atoms with Crippen LogP contribution in [0.5, 0.6) is 5.75 Å². The van der Waals surface area contributed by atoms with E-state index in [4.69, 9.17) is 4.74 Å². The molecule has 1 fully saturated rings. The van der Waals surface area contributed by atoms with E-state index in [0.717, 1.165) is 18.6 Å². The second kappa shape index (κ2) is 4.26. The molecule has 1 saturated heterocycles. The summed E-state index contributed by atoms with van der Waals surface area (Å²) < 4.78 is 6.73. The van der Waals surface area contributed by atoms with Crippen LogP contribution in [0.25, 0.3) is 0 Å². The minimum atomic E-state index is 0.0919. The molecule has 0 N–H and O–H groups in total. The Morgan fingerprint density at radius 1 is 1.73 bits per heavy atom. The van der Waals surface area contributed by atoms with Gasteiger partial charge in [0.2, 0.25) is 0 Å². The monoisotopic (exact) mass is 226 g/mol. The summed E-state index contributed by atoms with van der Waals surface area (Å²) in [5.41, 5.74) is 0.594. The number of rotatable bonds is 3. The number of ketones is 1. The van der Waals surface area contributed by atoms with Gasteiger partial charge in [-0.3, -0.25) is 9.48 Å². The third-order valence-corrected chi connectivity index (χ3v) is 3.96. The van der Waals surface area contributed by atoms with Crippen LogP contribution < -0.4 is 4.74 Å². The Balaban J connectivity index is 2.27. The average molecular weight is 226 g/mol. The van der Waals surface area contributed by atoms with E-state index in [0.29, 0.717) is 11.4 Å². The molecule has 1 aliphatic heterocycles. The van der Waals surface area contributed by atoms with Gasteiger partial charge in [-0.1, -0.05) is 0 Å². The van der Waals surface area contributed by atoms with E-state index in [1.807, 2.05) is 0 Å². The second-order valence-electron chi connectivity index (χ2n) is 3.55. The highest BCUT2D eigenvalue weighted by Gasteiger charge is 2.29. The van der Waals surface area contributed by atoms with E-state index >= 15 is 0 Å². The van der Waals surface area contributed by atoms with Crippen LogP contribution in [0.1, 0.15) is 23.3 Å². The number of methoxy groups -OCH3 is 1. The number of nitrogens with zero attached hydrogens (tertiary/aromatic N) is 2. The molecule has 82 valence electrons. The summed E-state index contributed by atoms with van der Waals surface area (Å²) >= 11 is 1.73. The van der Waals surface area contributed by atoms with Gasteiger partial charge in [-0.25, -0.2) is 0 Å². The zero-order valence-corrected chi connectivity index (χ0v) is 9.71. The minimum absolute atomic E-state index is 0.0919. The summed E-state index contributed by atoms with van der Waals surface area (Å²) in [5, 5.41) is 4.13. The second-order valence-corrected chi connectivity index (χ2v) is 4.86. The predicted octanol–water partition coefficient (Wildman–Crippen LogP) is 1.51. The van der Waals surface area contributed by atoms with Crippen molar-refractivity contribution in [1.82, 2.24) is 9.78 Å². The van der Waals surface area contributed by atoms with E-state index < -0.39 is 0 Å². The normalized spacial score (nSPS) is 20.5. The molecule has 1 unspecified atom stereocenters. The number of aromatic nitrogens is 2. The lowest BCUT2D eigenvalue weighted by atomic mass is 10.1. The number of aryl methyl sites for hydroxylation is 1. The summed E-state index contributed by atoms with van der Waals surface area (Å²) in [5.74, 6) is 1.81. The average Bonchev–Trinajstić information content (AvgIpc) is 2.85. The first-order valence-electron chi connectivity index (χ1n) is 4.96. The van der Waals surface area contributed by atoms with Gasteiger partial charge < -0.3 is 4.74 Å². The molecule has 1 aliphatic rings. The Labute approximate surface area is 93.0 Å². The van der Waals surface area contributed by atoms with Gasteiger partial charge in [0.05, 0.1) is 18.6 Å². The van der Waals surface area contributed by atoms with E-state index in [-0.39, 0.29) is 11.0 Å². The molecule has 0 aromatic carbocycles. The molecule has 5 heteroatoms. The van der Waals surface area contributed by atoms with Crippen LogP contribution in [0.3, 0.4) is 0 Å². The molecule has 2 rings (SSSR count). The number of hydrogen-bond donors (Lipinski definition) is 0. The molecule has 0 radical (unpaired) electrons. The fourth-order valence-corrected chi connectivity index (χ4v) is 3.00. The number of ether oxygens (including phenoxy) is 1. The number of carbonyl (C=O) groups excluding carboxylic acids is 1. The molecule has 4 nitrogen and oxygen atoms in total. The van der Waals surface area contributed by atoms with E-state index in [9.17, 15) is 4.79 Å². The van der Waals surface area contributed by atoms with Crippen molar-refractivity contribution in [2.45, 2.75) is 18.1 Å². The quantitative estimate of drug-likeness (QED) is 0.733. The summed E-state index contributed by atoms with van der Waals surface area (Å²) in [6, 6.07) is 0. The highest BCUT2D eigenvalue weighted by molar-refractivity contribution is 8.00. The lowest BCUT2D eigenvalue weighted by Gasteiger charge is -2.08.